The Morgan fingerprint density at radius 2 is 2.03 bits per heavy atom. The lowest BCUT2D eigenvalue weighted by atomic mass is 9.96. The van der Waals surface area contributed by atoms with Crippen LogP contribution < -0.4 is 4.74 Å². The Morgan fingerprint density at radius 3 is 2.90 bits per heavy atom. The van der Waals surface area contributed by atoms with Crippen molar-refractivity contribution in [2.24, 2.45) is 0 Å². The zero-order valence-electron chi connectivity index (χ0n) is 16.1. The van der Waals surface area contributed by atoms with E-state index in [1.54, 1.807) is 6.20 Å². The van der Waals surface area contributed by atoms with E-state index in [4.69, 9.17) is 9.47 Å². The molecule has 1 aliphatic heterocycles. The highest BCUT2D eigenvalue weighted by Gasteiger charge is 2.23. The predicted octanol–water partition coefficient (Wildman–Crippen LogP) is 5.35. The molecule has 4 heterocycles. The average molecular weight is 500 g/mol. The second-order valence-corrected chi connectivity index (χ2v) is 8.36. The molecule has 6 nitrogen and oxygen atoms in total. The SMILES string of the molecule is Cc1ccc(Oc2cn[nH]c2C2CCOCC2)c(-n2ccc3cccnc32)c1I. The summed E-state index contributed by atoms with van der Waals surface area (Å²) in [4.78, 5) is 4.59. The minimum Gasteiger partial charge on any atom is -0.452 e. The molecular weight excluding hydrogens is 479 g/mol. The van der Waals surface area contributed by atoms with Crippen LogP contribution >= 0.6 is 22.6 Å². The van der Waals surface area contributed by atoms with Crippen molar-refractivity contribution in [3.05, 3.63) is 63.7 Å². The van der Waals surface area contributed by atoms with Gasteiger partial charge in [-0.05, 0) is 72.2 Å². The van der Waals surface area contributed by atoms with E-state index in [1.165, 1.54) is 5.56 Å². The number of rotatable bonds is 4. The van der Waals surface area contributed by atoms with Gasteiger partial charge in [0.25, 0.3) is 0 Å². The van der Waals surface area contributed by atoms with Gasteiger partial charge in [0.05, 0.1) is 11.9 Å². The number of benzene rings is 1. The molecule has 29 heavy (non-hydrogen) atoms. The lowest BCUT2D eigenvalue weighted by molar-refractivity contribution is 0.0841. The van der Waals surface area contributed by atoms with Crippen LogP contribution in [0.3, 0.4) is 0 Å². The van der Waals surface area contributed by atoms with E-state index in [0.717, 1.165) is 63.5 Å². The van der Waals surface area contributed by atoms with Gasteiger partial charge in [0.2, 0.25) is 0 Å². The van der Waals surface area contributed by atoms with E-state index in [2.05, 4.69) is 73.7 Å². The van der Waals surface area contributed by atoms with Crippen molar-refractivity contribution in [1.82, 2.24) is 19.7 Å². The first-order chi connectivity index (χ1) is 14.2. The van der Waals surface area contributed by atoms with Crippen molar-refractivity contribution in [2.75, 3.05) is 13.2 Å². The van der Waals surface area contributed by atoms with Gasteiger partial charge in [-0.15, -0.1) is 0 Å². The van der Waals surface area contributed by atoms with E-state index < -0.39 is 0 Å². The second kappa shape index (κ2) is 7.79. The first-order valence-corrected chi connectivity index (χ1v) is 10.8. The number of aromatic nitrogens is 4. The molecule has 1 aromatic carbocycles. The number of aromatic amines is 1. The molecule has 0 bridgehead atoms. The predicted molar refractivity (Wildman–Crippen MR) is 120 cm³/mol. The van der Waals surface area contributed by atoms with Crippen LogP contribution in [0.1, 0.15) is 30.0 Å². The number of nitrogens with one attached hydrogen (secondary N) is 1. The molecule has 1 fully saturated rings. The summed E-state index contributed by atoms with van der Waals surface area (Å²) in [6.45, 7) is 3.66. The Morgan fingerprint density at radius 1 is 1.17 bits per heavy atom. The Labute approximate surface area is 182 Å². The van der Waals surface area contributed by atoms with E-state index in [-0.39, 0.29) is 0 Å². The van der Waals surface area contributed by atoms with Crippen LogP contribution in [0.15, 0.2) is 48.9 Å². The average Bonchev–Trinajstić information content (AvgIpc) is 3.39. The number of fused-ring (bicyclic) bond motifs is 1. The highest BCUT2D eigenvalue weighted by Crippen LogP contribution is 2.39. The molecule has 3 aromatic heterocycles. The Hall–Kier alpha value is -2.39. The zero-order chi connectivity index (χ0) is 19.8. The Balaban J connectivity index is 1.59. The molecule has 4 aromatic rings. The lowest BCUT2D eigenvalue weighted by Crippen LogP contribution is -2.15. The molecule has 0 amide bonds. The molecule has 7 heteroatoms. The van der Waals surface area contributed by atoms with Crippen molar-refractivity contribution in [1.29, 1.82) is 0 Å². The number of hydrogen-bond acceptors (Lipinski definition) is 4. The van der Waals surface area contributed by atoms with Crippen molar-refractivity contribution in [2.45, 2.75) is 25.7 Å². The number of halogens is 1. The smallest absolute Gasteiger partial charge is 0.168 e. The van der Waals surface area contributed by atoms with Gasteiger partial charge in [0.15, 0.2) is 11.5 Å². The standard InChI is InChI=1S/C22H21IN4O2/c1-14-4-5-17(29-18-13-25-26-20(18)15-7-11-28-12-8-15)21(19(14)23)27-10-6-16-3-2-9-24-22(16)27/h2-6,9-10,13,15H,7-8,11-12H2,1H3,(H,25,26). The molecule has 5 rings (SSSR count). The van der Waals surface area contributed by atoms with Crippen molar-refractivity contribution >= 4 is 33.6 Å². The van der Waals surface area contributed by atoms with E-state index >= 15 is 0 Å². The summed E-state index contributed by atoms with van der Waals surface area (Å²) in [6, 6.07) is 10.2. The second-order valence-electron chi connectivity index (χ2n) is 7.28. The molecule has 1 saturated heterocycles. The molecule has 1 aliphatic rings. The fourth-order valence-corrected chi connectivity index (χ4v) is 4.57. The van der Waals surface area contributed by atoms with Gasteiger partial charge in [-0.2, -0.15) is 5.10 Å². The molecule has 1 N–H and O–H groups in total. The molecule has 0 atom stereocenters. The third-order valence-electron chi connectivity index (χ3n) is 5.44. The third-order valence-corrected chi connectivity index (χ3v) is 6.80. The van der Waals surface area contributed by atoms with Crippen LogP contribution in [0.4, 0.5) is 0 Å². The van der Waals surface area contributed by atoms with Gasteiger partial charge in [-0.3, -0.25) is 9.67 Å². The summed E-state index contributed by atoms with van der Waals surface area (Å²) in [5.74, 6) is 1.95. The Kier molecular flexibility index (Phi) is 5.01. The fraction of sp³-hybridized carbons (Fsp3) is 0.273. The number of pyridine rings is 1. The third kappa shape index (κ3) is 3.42. The largest absolute Gasteiger partial charge is 0.452 e. The maximum absolute atomic E-state index is 6.45. The topological polar surface area (TPSA) is 65.0 Å². The molecule has 148 valence electrons. The van der Waals surface area contributed by atoms with Crippen LogP contribution in [-0.2, 0) is 4.74 Å². The van der Waals surface area contributed by atoms with Crippen LogP contribution in [0, 0.1) is 10.5 Å². The van der Waals surface area contributed by atoms with Crippen LogP contribution in [0.25, 0.3) is 16.7 Å². The first kappa shape index (κ1) is 18.6. The van der Waals surface area contributed by atoms with Gasteiger partial charge >= 0.3 is 0 Å². The quantitative estimate of drug-likeness (QED) is 0.384. The monoisotopic (exact) mass is 500 g/mol. The van der Waals surface area contributed by atoms with Gasteiger partial charge in [-0.25, -0.2) is 4.98 Å². The number of H-pyrrole nitrogens is 1. The summed E-state index contributed by atoms with van der Waals surface area (Å²) in [5, 5.41) is 8.52. The van der Waals surface area contributed by atoms with E-state index in [1.807, 2.05) is 18.3 Å². The summed E-state index contributed by atoms with van der Waals surface area (Å²) in [5.41, 5.74) is 4.16. The fourth-order valence-electron chi connectivity index (χ4n) is 3.86. The van der Waals surface area contributed by atoms with Crippen LogP contribution in [0.5, 0.6) is 11.5 Å². The highest BCUT2D eigenvalue weighted by atomic mass is 127. The summed E-state index contributed by atoms with van der Waals surface area (Å²) in [7, 11) is 0. The van der Waals surface area contributed by atoms with E-state index in [9.17, 15) is 0 Å². The first-order valence-electron chi connectivity index (χ1n) is 9.73. The van der Waals surface area contributed by atoms with Crippen LogP contribution in [0.2, 0.25) is 0 Å². The number of aryl methyl sites for hydroxylation is 1. The van der Waals surface area contributed by atoms with Gasteiger partial charge in [0.1, 0.15) is 11.3 Å². The normalized spacial score (nSPS) is 15.1. The summed E-state index contributed by atoms with van der Waals surface area (Å²) >= 11 is 2.39. The maximum atomic E-state index is 6.45. The molecule has 0 radical (unpaired) electrons. The van der Waals surface area contributed by atoms with Crippen molar-refractivity contribution in [3.8, 4) is 17.2 Å². The molecular formula is C22H21IN4O2. The van der Waals surface area contributed by atoms with Crippen molar-refractivity contribution in [3.63, 3.8) is 0 Å². The lowest BCUT2D eigenvalue weighted by Gasteiger charge is -2.22. The summed E-state index contributed by atoms with van der Waals surface area (Å²) < 4.78 is 15.2. The molecule has 0 unspecified atom stereocenters. The Bertz CT molecular complexity index is 1160. The summed E-state index contributed by atoms with van der Waals surface area (Å²) in [6.07, 6.45) is 7.59. The maximum Gasteiger partial charge on any atom is 0.168 e. The number of ether oxygens (including phenoxy) is 2. The van der Waals surface area contributed by atoms with Gasteiger partial charge in [-0.1, -0.05) is 6.07 Å². The minimum absolute atomic E-state index is 0.378. The zero-order valence-corrected chi connectivity index (χ0v) is 18.2. The minimum atomic E-state index is 0.378. The van der Waals surface area contributed by atoms with E-state index in [0.29, 0.717) is 5.92 Å². The van der Waals surface area contributed by atoms with Gasteiger partial charge in [0, 0.05) is 40.5 Å². The molecule has 0 aliphatic carbocycles. The van der Waals surface area contributed by atoms with Crippen molar-refractivity contribution < 1.29 is 9.47 Å². The highest BCUT2D eigenvalue weighted by molar-refractivity contribution is 14.1. The number of nitrogens with zero attached hydrogens (tertiary/aromatic N) is 3. The van der Waals surface area contributed by atoms with Gasteiger partial charge < -0.3 is 9.47 Å². The molecule has 0 saturated carbocycles. The number of hydrogen-bond donors (Lipinski definition) is 1. The molecule has 0 spiro atoms. The van der Waals surface area contributed by atoms with Crippen LogP contribution in [-0.4, -0.2) is 33.0 Å².